The summed E-state index contributed by atoms with van der Waals surface area (Å²) < 4.78 is 7.70. The van der Waals surface area contributed by atoms with Crippen molar-refractivity contribution in [2.75, 3.05) is 13.1 Å². The second kappa shape index (κ2) is 10.5. The molecule has 2 aromatic carbocycles. The standard InChI is InChI=1S/C26H30N6OS/c1-19(2)20-11-13-21(14-12-20)25-27-24(33-30-25)18-34-26-29-28-23(17-31-15-7-4-8-16-31)32(26)22-9-5-3-6-10-22/h3,5-6,9-14,19H,4,7-8,15-18H2,1-2H3. The van der Waals surface area contributed by atoms with Crippen LogP contribution in [0, 0.1) is 0 Å². The molecule has 0 bridgehead atoms. The van der Waals surface area contributed by atoms with Crippen molar-refractivity contribution in [1.29, 1.82) is 0 Å². The van der Waals surface area contributed by atoms with Crippen LogP contribution >= 0.6 is 11.8 Å². The van der Waals surface area contributed by atoms with E-state index in [1.807, 2.05) is 18.2 Å². The van der Waals surface area contributed by atoms with Gasteiger partial charge in [-0.1, -0.05) is 79.7 Å². The number of likely N-dealkylation sites (tertiary alicyclic amines) is 1. The summed E-state index contributed by atoms with van der Waals surface area (Å²) in [6.45, 7) is 7.41. The Hall–Kier alpha value is -2.97. The first kappa shape index (κ1) is 22.8. The van der Waals surface area contributed by atoms with Crippen LogP contribution in [0.3, 0.4) is 0 Å². The summed E-state index contributed by atoms with van der Waals surface area (Å²) >= 11 is 1.57. The summed E-state index contributed by atoms with van der Waals surface area (Å²) in [4.78, 5) is 7.08. The van der Waals surface area contributed by atoms with Gasteiger partial charge < -0.3 is 4.52 Å². The minimum Gasteiger partial charge on any atom is -0.338 e. The van der Waals surface area contributed by atoms with Crippen LogP contribution in [0.4, 0.5) is 0 Å². The topological polar surface area (TPSA) is 72.9 Å². The maximum absolute atomic E-state index is 5.54. The molecule has 0 saturated carbocycles. The first-order chi connectivity index (χ1) is 16.7. The first-order valence-electron chi connectivity index (χ1n) is 11.9. The van der Waals surface area contributed by atoms with Gasteiger partial charge in [0.25, 0.3) is 0 Å². The fourth-order valence-corrected chi connectivity index (χ4v) is 5.03. The Morgan fingerprint density at radius 3 is 2.44 bits per heavy atom. The molecule has 4 aromatic rings. The zero-order valence-electron chi connectivity index (χ0n) is 19.7. The zero-order chi connectivity index (χ0) is 23.3. The number of benzene rings is 2. The lowest BCUT2D eigenvalue weighted by atomic mass is 10.0. The van der Waals surface area contributed by atoms with Crippen LogP contribution in [0.5, 0.6) is 0 Å². The quantitative estimate of drug-likeness (QED) is 0.302. The second-order valence-electron chi connectivity index (χ2n) is 8.98. The molecule has 2 aromatic heterocycles. The average molecular weight is 475 g/mol. The lowest BCUT2D eigenvalue weighted by molar-refractivity contribution is 0.214. The van der Waals surface area contributed by atoms with Crippen LogP contribution < -0.4 is 0 Å². The zero-order valence-corrected chi connectivity index (χ0v) is 20.5. The number of aromatic nitrogens is 5. The largest absolute Gasteiger partial charge is 0.338 e. The molecule has 3 heterocycles. The van der Waals surface area contributed by atoms with Crippen molar-refractivity contribution in [3.63, 3.8) is 0 Å². The van der Waals surface area contributed by atoms with Gasteiger partial charge in [0.2, 0.25) is 11.7 Å². The summed E-state index contributed by atoms with van der Waals surface area (Å²) in [5.74, 6) is 3.18. The number of para-hydroxylation sites is 1. The normalized spacial score (nSPS) is 14.7. The molecular formula is C26H30N6OS. The predicted molar refractivity (Wildman–Crippen MR) is 134 cm³/mol. The predicted octanol–water partition coefficient (Wildman–Crippen LogP) is 5.72. The molecule has 7 nitrogen and oxygen atoms in total. The van der Waals surface area contributed by atoms with Crippen LogP contribution in [0.15, 0.2) is 64.3 Å². The van der Waals surface area contributed by atoms with Crippen molar-refractivity contribution >= 4 is 11.8 Å². The molecule has 1 aliphatic heterocycles. The Morgan fingerprint density at radius 1 is 0.941 bits per heavy atom. The molecule has 0 spiro atoms. The third-order valence-electron chi connectivity index (χ3n) is 6.16. The number of nitrogens with zero attached hydrogens (tertiary/aromatic N) is 6. The van der Waals surface area contributed by atoms with Crippen LogP contribution in [0.1, 0.15) is 56.3 Å². The van der Waals surface area contributed by atoms with E-state index < -0.39 is 0 Å². The molecule has 0 atom stereocenters. The Balaban J connectivity index is 1.32. The minimum absolute atomic E-state index is 0.494. The van der Waals surface area contributed by atoms with Gasteiger partial charge in [-0.2, -0.15) is 4.98 Å². The van der Waals surface area contributed by atoms with Gasteiger partial charge in [-0.3, -0.25) is 9.47 Å². The minimum atomic E-state index is 0.494. The fraction of sp³-hybridized carbons (Fsp3) is 0.385. The molecule has 34 heavy (non-hydrogen) atoms. The van der Waals surface area contributed by atoms with E-state index in [-0.39, 0.29) is 0 Å². The van der Waals surface area contributed by atoms with Gasteiger partial charge in [0, 0.05) is 11.3 Å². The molecule has 0 radical (unpaired) electrons. The third-order valence-corrected chi connectivity index (χ3v) is 7.07. The molecule has 8 heteroatoms. The van der Waals surface area contributed by atoms with Gasteiger partial charge in [0.05, 0.1) is 12.3 Å². The molecule has 0 amide bonds. The number of hydrogen-bond acceptors (Lipinski definition) is 7. The van der Waals surface area contributed by atoms with E-state index in [2.05, 4.69) is 80.1 Å². The van der Waals surface area contributed by atoms with E-state index in [1.54, 1.807) is 11.8 Å². The Morgan fingerprint density at radius 2 is 1.71 bits per heavy atom. The molecule has 1 fully saturated rings. The van der Waals surface area contributed by atoms with Gasteiger partial charge in [-0.25, -0.2) is 0 Å². The number of hydrogen-bond donors (Lipinski definition) is 0. The summed E-state index contributed by atoms with van der Waals surface area (Å²) in [6.07, 6.45) is 3.82. The summed E-state index contributed by atoms with van der Waals surface area (Å²) in [6, 6.07) is 18.7. The molecule has 0 N–H and O–H groups in total. The second-order valence-corrected chi connectivity index (χ2v) is 9.93. The van der Waals surface area contributed by atoms with Crippen molar-refractivity contribution in [1.82, 2.24) is 29.8 Å². The lowest BCUT2D eigenvalue weighted by Crippen LogP contribution is -2.30. The monoisotopic (exact) mass is 474 g/mol. The molecule has 0 unspecified atom stereocenters. The molecule has 1 saturated heterocycles. The van der Waals surface area contributed by atoms with Gasteiger partial charge in [-0.15, -0.1) is 10.2 Å². The smallest absolute Gasteiger partial charge is 0.237 e. The summed E-state index contributed by atoms with van der Waals surface area (Å²) in [5.41, 5.74) is 3.32. The van der Waals surface area contributed by atoms with Crippen molar-refractivity contribution in [3.8, 4) is 17.1 Å². The van der Waals surface area contributed by atoms with E-state index in [9.17, 15) is 0 Å². The Kier molecular flexibility index (Phi) is 7.06. The highest BCUT2D eigenvalue weighted by molar-refractivity contribution is 7.98. The number of rotatable bonds is 8. The van der Waals surface area contributed by atoms with Crippen molar-refractivity contribution in [2.45, 2.75) is 56.5 Å². The third kappa shape index (κ3) is 5.23. The van der Waals surface area contributed by atoms with Crippen molar-refractivity contribution in [2.24, 2.45) is 0 Å². The highest BCUT2D eigenvalue weighted by atomic mass is 32.2. The van der Waals surface area contributed by atoms with Gasteiger partial charge >= 0.3 is 0 Å². The van der Waals surface area contributed by atoms with Crippen molar-refractivity contribution < 1.29 is 4.52 Å². The number of piperidine rings is 1. The summed E-state index contributed by atoms with van der Waals surface area (Å²) in [7, 11) is 0. The Bertz CT molecular complexity index is 1200. The van der Waals surface area contributed by atoms with E-state index in [0.717, 1.165) is 41.9 Å². The van der Waals surface area contributed by atoms with Gasteiger partial charge in [0.1, 0.15) is 0 Å². The van der Waals surface area contributed by atoms with Crippen LogP contribution in [0.25, 0.3) is 17.1 Å². The highest BCUT2D eigenvalue weighted by Crippen LogP contribution is 2.27. The molecular weight excluding hydrogens is 444 g/mol. The van der Waals surface area contributed by atoms with Crippen LogP contribution in [0.2, 0.25) is 0 Å². The van der Waals surface area contributed by atoms with Crippen molar-refractivity contribution in [3.05, 3.63) is 71.9 Å². The SMILES string of the molecule is CC(C)c1ccc(-c2noc(CSc3nnc(CN4CCCCC4)n3-c3ccccc3)n2)cc1. The van der Waals surface area contributed by atoms with Crippen LogP contribution in [-0.4, -0.2) is 42.9 Å². The lowest BCUT2D eigenvalue weighted by Gasteiger charge is -2.26. The van der Waals surface area contributed by atoms with E-state index >= 15 is 0 Å². The first-order valence-corrected chi connectivity index (χ1v) is 12.9. The van der Waals surface area contributed by atoms with E-state index in [4.69, 9.17) is 4.52 Å². The van der Waals surface area contributed by atoms with Crippen LogP contribution in [-0.2, 0) is 12.3 Å². The Labute approximate surface area is 204 Å². The molecule has 1 aliphatic rings. The average Bonchev–Trinajstić information content (AvgIpc) is 3.51. The van der Waals surface area contributed by atoms with E-state index in [0.29, 0.717) is 23.4 Å². The van der Waals surface area contributed by atoms with Gasteiger partial charge in [-0.05, 0) is 49.5 Å². The van der Waals surface area contributed by atoms with Gasteiger partial charge in [0.15, 0.2) is 11.0 Å². The molecule has 5 rings (SSSR count). The highest BCUT2D eigenvalue weighted by Gasteiger charge is 2.20. The summed E-state index contributed by atoms with van der Waals surface area (Å²) in [5, 5.41) is 14.1. The van der Waals surface area contributed by atoms with E-state index in [1.165, 1.54) is 24.8 Å². The molecule has 0 aliphatic carbocycles. The number of thioether (sulfide) groups is 1. The molecule has 176 valence electrons. The fourth-order valence-electron chi connectivity index (χ4n) is 4.22. The maximum atomic E-state index is 5.54. The maximum Gasteiger partial charge on any atom is 0.237 e.